The van der Waals surface area contributed by atoms with Crippen molar-refractivity contribution < 1.29 is 4.74 Å². The summed E-state index contributed by atoms with van der Waals surface area (Å²) < 4.78 is 5.58. The quantitative estimate of drug-likeness (QED) is 0.797. The van der Waals surface area contributed by atoms with Crippen LogP contribution in [0, 0.1) is 0 Å². The van der Waals surface area contributed by atoms with Gasteiger partial charge in [0.25, 0.3) is 0 Å². The van der Waals surface area contributed by atoms with E-state index in [1.54, 1.807) is 12.1 Å². The van der Waals surface area contributed by atoms with Gasteiger partial charge in [0.1, 0.15) is 17.4 Å². The van der Waals surface area contributed by atoms with Crippen LogP contribution >= 0.6 is 23.2 Å². The van der Waals surface area contributed by atoms with E-state index < -0.39 is 0 Å². The lowest BCUT2D eigenvalue weighted by Gasteiger charge is -2.11. The topological polar surface area (TPSA) is 21.3 Å². The van der Waals surface area contributed by atoms with E-state index in [4.69, 9.17) is 27.9 Å². The van der Waals surface area contributed by atoms with Crippen molar-refractivity contribution in [3.05, 3.63) is 40.4 Å². The normalized spacial score (nSPS) is 14.7. The van der Waals surface area contributed by atoms with Gasteiger partial charge >= 0.3 is 0 Å². The van der Waals surface area contributed by atoms with Crippen LogP contribution in [0.4, 0.5) is 0 Å². The Morgan fingerprint density at radius 2 is 2.18 bits per heavy atom. The molecule has 0 unspecified atom stereocenters. The largest absolute Gasteiger partial charge is 0.488 e. The van der Waals surface area contributed by atoms with E-state index >= 15 is 0 Å². The third kappa shape index (κ3) is 3.91. The molecule has 1 fully saturated rings. The SMILES string of the molecule is C=C(CNC1CC1)COc1cccc(Cl)c1Cl. The van der Waals surface area contributed by atoms with Crippen molar-refractivity contribution in [2.45, 2.75) is 18.9 Å². The summed E-state index contributed by atoms with van der Waals surface area (Å²) in [5, 5.41) is 4.34. The summed E-state index contributed by atoms with van der Waals surface area (Å²) in [4.78, 5) is 0. The molecule has 2 rings (SSSR count). The Hall–Kier alpha value is -0.700. The van der Waals surface area contributed by atoms with E-state index in [-0.39, 0.29) is 0 Å². The second-order valence-electron chi connectivity index (χ2n) is 4.25. The number of hydrogen-bond acceptors (Lipinski definition) is 2. The van der Waals surface area contributed by atoms with E-state index in [2.05, 4.69) is 11.9 Å². The van der Waals surface area contributed by atoms with Crippen molar-refractivity contribution >= 4 is 23.2 Å². The predicted molar refractivity (Wildman–Crippen MR) is 72.1 cm³/mol. The highest BCUT2D eigenvalue weighted by Gasteiger charge is 2.20. The van der Waals surface area contributed by atoms with Gasteiger partial charge in [0.15, 0.2) is 0 Å². The molecule has 0 heterocycles. The van der Waals surface area contributed by atoms with Crippen LogP contribution in [0.2, 0.25) is 10.0 Å². The number of ether oxygens (including phenoxy) is 1. The molecular formula is C13H15Cl2NO. The van der Waals surface area contributed by atoms with Crippen LogP contribution < -0.4 is 10.1 Å². The third-order valence-electron chi connectivity index (χ3n) is 2.57. The molecule has 2 nitrogen and oxygen atoms in total. The summed E-state index contributed by atoms with van der Waals surface area (Å²) in [6, 6.07) is 6.03. The van der Waals surface area contributed by atoms with Gasteiger partial charge in [-0.25, -0.2) is 0 Å². The van der Waals surface area contributed by atoms with Crippen molar-refractivity contribution in [1.29, 1.82) is 0 Å². The van der Waals surface area contributed by atoms with Crippen molar-refractivity contribution in [3.8, 4) is 5.75 Å². The summed E-state index contributed by atoms with van der Waals surface area (Å²) in [5.41, 5.74) is 1.01. The van der Waals surface area contributed by atoms with Crippen molar-refractivity contribution in [2.75, 3.05) is 13.2 Å². The molecule has 0 atom stereocenters. The molecular weight excluding hydrogens is 257 g/mol. The molecule has 1 saturated carbocycles. The standard InChI is InChI=1S/C13H15Cl2NO/c1-9(7-16-10-5-6-10)8-17-12-4-2-3-11(14)13(12)15/h2-4,10,16H,1,5-8H2. The molecule has 4 heteroatoms. The van der Waals surface area contributed by atoms with E-state index in [0.717, 1.165) is 12.1 Å². The molecule has 0 bridgehead atoms. The average Bonchev–Trinajstić information content (AvgIpc) is 3.12. The predicted octanol–water partition coefficient (Wildman–Crippen LogP) is 3.68. The van der Waals surface area contributed by atoms with Gasteiger partial charge in [-0.1, -0.05) is 35.8 Å². The number of halogens is 2. The molecule has 1 aliphatic carbocycles. The van der Waals surface area contributed by atoms with E-state index in [9.17, 15) is 0 Å². The molecule has 0 aliphatic heterocycles. The molecule has 0 spiro atoms. The molecule has 0 radical (unpaired) electrons. The first-order valence-electron chi connectivity index (χ1n) is 5.63. The summed E-state index contributed by atoms with van der Waals surface area (Å²) in [6.45, 7) is 5.21. The Labute approximate surface area is 112 Å². The average molecular weight is 272 g/mol. The van der Waals surface area contributed by atoms with Gasteiger partial charge in [0, 0.05) is 12.6 Å². The lowest BCUT2D eigenvalue weighted by molar-refractivity contribution is 0.348. The van der Waals surface area contributed by atoms with Gasteiger partial charge in [-0.2, -0.15) is 0 Å². The van der Waals surface area contributed by atoms with Gasteiger partial charge in [0.2, 0.25) is 0 Å². The smallest absolute Gasteiger partial charge is 0.139 e. The van der Waals surface area contributed by atoms with Gasteiger partial charge < -0.3 is 10.1 Å². The van der Waals surface area contributed by atoms with Crippen molar-refractivity contribution in [3.63, 3.8) is 0 Å². The number of nitrogens with one attached hydrogen (secondary N) is 1. The molecule has 1 aromatic carbocycles. The third-order valence-corrected chi connectivity index (χ3v) is 3.37. The monoisotopic (exact) mass is 271 g/mol. The Balaban J connectivity index is 1.79. The number of hydrogen-bond donors (Lipinski definition) is 1. The molecule has 0 amide bonds. The highest BCUT2D eigenvalue weighted by molar-refractivity contribution is 6.42. The van der Waals surface area contributed by atoms with Crippen LogP contribution in [-0.2, 0) is 0 Å². The molecule has 92 valence electrons. The fraction of sp³-hybridized carbons (Fsp3) is 0.385. The first kappa shape index (κ1) is 12.7. The van der Waals surface area contributed by atoms with Crippen LogP contribution in [0.1, 0.15) is 12.8 Å². The fourth-order valence-corrected chi connectivity index (χ4v) is 1.75. The van der Waals surface area contributed by atoms with Crippen LogP contribution in [0.5, 0.6) is 5.75 Å². The minimum atomic E-state index is 0.456. The van der Waals surface area contributed by atoms with Gasteiger partial charge in [-0.3, -0.25) is 0 Å². The Kier molecular flexibility index (Phi) is 4.32. The maximum atomic E-state index is 6.01. The summed E-state index contributed by atoms with van der Waals surface area (Å²) in [5.74, 6) is 0.603. The summed E-state index contributed by atoms with van der Waals surface area (Å²) in [6.07, 6.45) is 2.54. The molecule has 0 aromatic heterocycles. The highest BCUT2D eigenvalue weighted by Crippen LogP contribution is 2.31. The number of rotatable bonds is 6. The minimum absolute atomic E-state index is 0.456. The maximum Gasteiger partial charge on any atom is 0.139 e. The maximum absolute atomic E-state index is 6.01. The summed E-state index contributed by atoms with van der Waals surface area (Å²) in [7, 11) is 0. The first-order chi connectivity index (χ1) is 8.16. The van der Waals surface area contributed by atoms with Crippen molar-refractivity contribution in [2.24, 2.45) is 0 Å². The molecule has 1 aromatic rings. The first-order valence-corrected chi connectivity index (χ1v) is 6.39. The minimum Gasteiger partial charge on any atom is -0.488 e. The van der Waals surface area contributed by atoms with Gasteiger partial charge in [-0.05, 0) is 30.5 Å². The Morgan fingerprint density at radius 3 is 2.88 bits per heavy atom. The molecule has 1 N–H and O–H groups in total. The van der Waals surface area contributed by atoms with Crippen LogP contribution in [0.3, 0.4) is 0 Å². The van der Waals surface area contributed by atoms with Gasteiger partial charge in [-0.15, -0.1) is 0 Å². The summed E-state index contributed by atoms with van der Waals surface area (Å²) >= 11 is 11.9. The van der Waals surface area contributed by atoms with E-state index in [1.165, 1.54) is 12.8 Å². The van der Waals surface area contributed by atoms with Crippen LogP contribution in [0.25, 0.3) is 0 Å². The van der Waals surface area contributed by atoms with Crippen molar-refractivity contribution in [1.82, 2.24) is 5.32 Å². The zero-order chi connectivity index (χ0) is 12.3. The van der Waals surface area contributed by atoms with Crippen LogP contribution in [-0.4, -0.2) is 19.2 Å². The lowest BCUT2D eigenvalue weighted by Crippen LogP contribution is -2.21. The van der Waals surface area contributed by atoms with Gasteiger partial charge in [0.05, 0.1) is 5.02 Å². The second-order valence-corrected chi connectivity index (χ2v) is 5.03. The molecule has 1 aliphatic rings. The molecule has 0 saturated heterocycles. The molecule has 17 heavy (non-hydrogen) atoms. The van der Waals surface area contributed by atoms with Crippen LogP contribution in [0.15, 0.2) is 30.4 Å². The number of benzene rings is 1. The zero-order valence-corrected chi connectivity index (χ0v) is 11.0. The Bertz CT molecular complexity index is 416. The van der Waals surface area contributed by atoms with E-state index in [0.29, 0.717) is 28.4 Å². The fourth-order valence-electron chi connectivity index (χ4n) is 1.40. The Morgan fingerprint density at radius 1 is 1.41 bits per heavy atom. The van der Waals surface area contributed by atoms with E-state index in [1.807, 2.05) is 6.07 Å². The lowest BCUT2D eigenvalue weighted by atomic mass is 10.3. The second kappa shape index (κ2) is 5.76. The zero-order valence-electron chi connectivity index (χ0n) is 9.51. The highest BCUT2D eigenvalue weighted by atomic mass is 35.5.